The van der Waals surface area contributed by atoms with Crippen LogP contribution >= 0.6 is 0 Å². The first-order valence-corrected chi connectivity index (χ1v) is 4.12. The normalized spacial score (nSPS) is 12.0. The van der Waals surface area contributed by atoms with Gasteiger partial charge in [-0.1, -0.05) is 6.92 Å². The molecule has 0 fully saturated rings. The number of hydrogen-bond acceptors (Lipinski definition) is 3. The molecule has 0 aromatic carbocycles. The van der Waals surface area contributed by atoms with Crippen LogP contribution in [0.3, 0.4) is 0 Å². The lowest BCUT2D eigenvalue weighted by molar-refractivity contribution is 0.0575. The first-order valence-electron chi connectivity index (χ1n) is 4.12. The van der Waals surface area contributed by atoms with Crippen molar-refractivity contribution in [2.75, 3.05) is 0 Å². The van der Waals surface area contributed by atoms with Gasteiger partial charge in [0, 0.05) is 6.42 Å². The maximum atomic E-state index is 9.46. The highest BCUT2D eigenvalue weighted by molar-refractivity contribution is 4.81. The maximum absolute atomic E-state index is 9.46. The molecule has 0 aliphatic carbocycles. The van der Waals surface area contributed by atoms with Crippen molar-refractivity contribution in [3.8, 4) is 0 Å². The number of aromatic nitrogens is 3. The Labute approximate surface area is 72.2 Å². The first kappa shape index (κ1) is 9.19. The summed E-state index contributed by atoms with van der Waals surface area (Å²) in [6.45, 7) is 5.99. The van der Waals surface area contributed by atoms with E-state index in [4.69, 9.17) is 0 Å². The first-order chi connectivity index (χ1) is 5.51. The molecule has 1 rings (SSSR count). The van der Waals surface area contributed by atoms with Crippen LogP contribution in [0.4, 0.5) is 0 Å². The second-order valence-electron chi connectivity index (χ2n) is 3.52. The summed E-state index contributed by atoms with van der Waals surface area (Å²) in [5.74, 6) is 0.819. The van der Waals surface area contributed by atoms with Gasteiger partial charge in [0.2, 0.25) is 0 Å². The van der Waals surface area contributed by atoms with Crippen molar-refractivity contribution in [2.24, 2.45) is 0 Å². The molecular formula is C8H15N3O. The quantitative estimate of drug-likeness (QED) is 0.721. The van der Waals surface area contributed by atoms with Crippen LogP contribution in [0.1, 0.15) is 26.6 Å². The van der Waals surface area contributed by atoms with Crippen molar-refractivity contribution in [3.63, 3.8) is 0 Å². The molecule has 0 saturated carbocycles. The number of aliphatic hydroxyl groups is 1. The Morgan fingerprint density at radius 2 is 2.25 bits per heavy atom. The summed E-state index contributed by atoms with van der Waals surface area (Å²) in [6, 6.07) is 0. The predicted octanol–water partition coefficient (Wildman–Crippen LogP) is 0.611. The molecule has 1 N–H and O–H groups in total. The lowest BCUT2D eigenvalue weighted by Crippen LogP contribution is -2.26. The molecule has 0 radical (unpaired) electrons. The fourth-order valence-electron chi connectivity index (χ4n) is 0.968. The second kappa shape index (κ2) is 3.23. The van der Waals surface area contributed by atoms with Crippen LogP contribution in [-0.2, 0) is 13.0 Å². The Hall–Kier alpha value is -0.900. The third-order valence-electron chi connectivity index (χ3n) is 1.45. The van der Waals surface area contributed by atoms with Crippen molar-refractivity contribution >= 4 is 0 Å². The molecule has 4 nitrogen and oxygen atoms in total. The van der Waals surface area contributed by atoms with E-state index in [0.29, 0.717) is 6.54 Å². The second-order valence-corrected chi connectivity index (χ2v) is 3.52. The molecule has 12 heavy (non-hydrogen) atoms. The van der Waals surface area contributed by atoms with Gasteiger partial charge >= 0.3 is 0 Å². The zero-order valence-corrected chi connectivity index (χ0v) is 7.78. The van der Waals surface area contributed by atoms with Gasteiger partial charge in [-0.25, -0.2) is 9.67 Å². The highest BCUT2D eigenvalue weighted by Gasteiger charge is 2.13. The van der Waals surface area contributed by atoms with Gasteiger partial charge in [-0.05, 0) is 13.8 Å². The molecule has 0 atom stereocenters. The number of rotatable bonds is 3. The summed E-state index contributed by atoms with van der Waals surface area (Å²) < 4.78 is 1.67. The van der Waals surface area contributed by atoms with Crippen molar-refractivity contribution in [1.29, 1.82) is 0 Å². The van der Waals surface area contributed by atoms with Gasteiger partial charge in [0.1, 0.15) is 12.2 Å². The summed E-state index contributed by atoms with van der Waals surface area (Å²) in [5.41, 5.74) is -0.724. The Bertz CT molecular complexity index is 249. The third-order valence-corrected chi connectivity index (χ3v) is 1.45. The third kappa shape index (κ3) is 2.62. The van der Waals surface area contributed by atoms with E-state index >= 15 is 0 Å². The van der Waals surface area contributed by atoms with Gasteiger partial charge in [-0.3, -0.25) is 0 Å². The molecule has 0 saturated heterocycles. The molecule has 1 aromatic rings. The summed E-state index contributed by atoms with van der Waals surface area (Å²) in [5, 5.41) is 13.6. The van der Waals surface area contributed by atoms with E-state index in [0.717, 1.165) is 12.2 Å². The lowest BCUT2D eigenvalue weighted by Gasteiger charge is -2.15. The molecule has 0 spiro atoms. The van der Waals surface area contributed by atoms with E-state index in [2.05, 4.69) is 10.1 Å². The average Bonchev–Trinajstić information content (AvgIpc) is 2.32. The highest BCUT2D eigenvalue weighted by atomic mass is 16.3. The van der Waals surface area contributed by atoms with Gasteiger partial charge in [-0.2, -0.15) is 5.10 Å². The lowest BCUT2D eigenvalue weighted by atomic mass is 10.1. The number of hydrogen-bond donors (Lipinski definition) is 1. The summed E-state index contributed by atoms with van der Waals surface area (Å²) in [6.07, 6.45) is 2.48. The van der Waals surface area contributed by atoms with Crippen molar-refractivity contribution in [2.45, 2.75) is 39.3 Å². The zero-order valence-electron chi connectivity index (χ0n) is 7.78. The minimum absolute atomic E-state index is 0.486. The number of nitrogens with zero attached hydrogens (tertiary/aromatic N) is 3. The monoisotopic (exact) mass is 169 g/mol. The predicted molar refractivity (Wildman–Crippen MR) is 45.7 cm³/mol. The van der Waals surface area contributed by atoms with E-state index < -0.39 is 5.60 Å². The minimum Gasteiger partial charge on any atom is -0.389 e. The van der Waals surface area contributed by atoms with Crippen LogP contribution in [0, 0.1) is 0 Å². The molecule has 1 heterocycles. The van der Waals surface area contributed by atoms with Crippen LogP contribution in [0.5, 0.6) is 0 Å². The highest BCUT2D eigenvalue weighted by Crippen LogP contribution is 2.04. The fraction of sp³-hybridized carbons (Fsp3) is 0.750. The van der Waals surface area contributed by atoms with Crippen LogP contribution in [0.2, 0.25) is 0 Å². The Kier molecular flexibility index (Phi) is 2.47. The van der Waals surface area contributed by atoms with Crippen LogP contribution in [-0.4, -0.2) is 25.5 Å². The van der Waals surface area contributed by atoms with E-state index in [-0.39, 0.29) is 0 Å². The molecule has 0 bridgehead atoms. The Balaban J connectivity index is 2.64. The Morgan fingerprint density at radius 3 is 2.67 bits per heavy atom. The largest absolute Gasteiger partial charge is 0.389 e. The zero-order chi connectivity index (χ0) is 9.19. The van der Waals surface area contributed by atoms with E-state index in [1.165, 1.54) is 0 Å². The van der Waals surface area contributed by atoms with Crippen molar-refractivity contribution in [3.05, 3.63) is 12.2 Å². The van der Waals surface area contributed by atoms with E-state index in [1.807, 2.05) is 6.92 Å². The summed E-state index contributed by atoms with van der Waals surface area (Å²) >= 11 is 0. The molecule has 0 aliphatic rings. The molecule has 0 amide bonds. The van der Waals surface area contributed by atoms with Crippen LogP contribution in [0.15, 0.2) is 6.33 Å². The van der Waals surface area contributed by atoms with Gasteiger partial charge < -0.3 is 5.11 Å². The maximum Gasteiger partial charge on any atom is 0.150 e. The SMILES string of the molecule is CCc1ncn(CC(C)(C)O)n1. The number of aryl methyl sites for hydroxylation is 1. The van der Waals surface area contributed by atoms with Gasteiger partial charge in [-0.15, -0.1) is 0 Å². The molecule has 68 valence electrons. The molecule has 0 unspecified atom stereocenters. The van der Waals surface area contributed by atoms with Gasteiger partial charge in [0.25, 0.3) is 0 Å². The van der Waals surface area contributed by atoms with Crippen LogP contribution < -0.4 is 0 Å². The van der Waals surface area contributed by atoms with Crippen LogP contribution in [0.25, 0.3) is 0 Å². The average molecular weight is 169 g/mol. The molecule has 4 heteroatoms. The topological polar surface area (TPSA) is 50.9 Å². The van der Waals surface area contributed by atoms with Crippen molar-refractivity contribution in [1.82, 2.24) is 14.8 Å². The fourth-order valence-corrected chi connectivity index (χ4v) is 0.968. The van der Waals surface area contributed by atoms with Crippen molar-refractivity contribution < 1.29 is 5.11 Å². The molecular weight excluding hydrogens is 154 g/mol. The van der Waals surface area contributed by atoms with Gasteiger partial charge in [0.15, 0.2) is 0 Å². The van der Waals surface area contributed by atoms with E-state index in [1.54, 1.807) is 24.9 Å². The Morgan fingerprint density at radius 1 is 1.58 bits per heavy atom. The van der Waals surface area contributed by atoms with Gasteiger partial charge in [0.05, 0.1) is 12.1 Å². The summed E-state index contributed by atoms with van der Waals surface area (Å²) in [7, 11) is 0. The molecule has 1 aromatic heterocycles. The smallest absolute Gasteiger partial charge is 0.150 e. The summed E-state index contributed by atoms with van der Waals surface area (Å²) in [4.78, 5) is 4.06. The van der Waals surface area contributed by atoms with E-state index in [9.17, 15) is 5.11 Å². The minimum atomic E-state index is -0.724. The standard InChI is InChI=1S/C8H15N3O/c1-4-7-9-6-11(10-7)5-8(2,3)12/h6,12H,4-5H2,1-3H3. The molecule has 0 aliphatic heterocycles.